The number of carbonyl (C=O) groups is 1. The van der Waals surface area contributed by atoms with Crippen LogP contribution in [-0.4, -0.2) is 17.0 Å². The van der Waals surface area contributed by atoms with Gasteiger partial charge < -0.3 is 10.7 Å². The van der Waals surface area contributed by atoms with Crippen molar-refractivity contribution in [2.75, 3.05) is 5.32 Å². The van der Waals surface area contributed by atoms with Gasteiger partial charge in [0.25, 0.3) is 0 Å². The Morgan fingerprint density at radius 3 is 2.89 bits per heavy atom. The second kappa shape index (κ2) is 5.44. The number of pyridine rings is 1. The second-order valence-electron chi connectivity index (χ2n) is 4.55. The van der Waals surface area contributed by atoms with Crippen molar-refractivity contribution in [3.05, 3.63) is 35.2 Å². The van der Waals surface area contributed by atoms with Gasteiger partial charge in [-0.3, -0.25) is 4.79 Å². The first-order valence-electron chi connectivity index (χ1n) is 6.03. The van der Waals surface area contributed by atoms with Gasteiger partial charge in [-0.25, -0.2) is 4.98 Å². The predicted octanol–water partition coefficient (Wildman–Crippen LogP) is 2.19. The number of nitriles is 1. The van der Waals surface area contributed by atoms with Crippen molar-refractivity contribution in [1.29, 1.82) is 10.7 Å². The fraction of sp³-hybridized carbons (Fsp3) is 0.286. The minimum atomic E-state index is 0.230. The average molecular weight is 254 g/mol. The van der Waals surface area contributed by atoms with E-state index in [9.17, 15) is 4.79 Å². The molecule has 1 aromatic heterocycles. The lowest BCUT2D eigenvalue weighted by Gasteiger charge is -2.05. The highest BCUT2D eigenvalue weighted by molar-refractivity contribution is 6.15. The van der Waals surface area contributed by atoms with E-state index in [-0.39, 0.29) is 5.92 Å². The largest absolute Gasteiger partial charge is 0.346 e. The second-order valence-corrected chi connectivity index (χ2v) is 4.55. The molecule has 5 nitrogen and oxygen atoms in total. The van der Waals surface area contributed by atoms with Gasteiger partial charge in [0.15, 0.2) is 6.29 Å². The zero-order valence-corrected chi connectivity index (χ0v) is 10.6. The van der Waals surface area contributed by atoms with Crippen LogP contribution in [0.1, 0.15) is 24.0 Å². The molecule has 1 fully saturated rings. The van der Waals surface area contributed by atoms with Crippen molar-refractivity contribution in [1.82, 2.24) is 4.98 Å². The van der Waals surface area contributed by atoms with E-state index in [1.807, 2.05) is 13.0 Å². The summed E-state index contributed by atoms with van der Waals surface area (Å²) in [5.41, 5.74) is 2.08. The highest BCUT2D eigenvalue weighted by atomic mass is 16.1. The zero-order valence-electron chi connectivity index (χ0n) is 10.6. The van der Waals surface area contributed by atoms with Crippen LogP contribution in [0.3, 0.4) is 0 Å². The van der Waals surface area contributed by atoms with Crippen LogP contribution in [0.2, 0.25) is 0 Å². The number of allylic oxidation sites excluding steroid dienone is 1. The molecule has 0 amide bonds. The van der Waals surface area contributed by atoms with E-state index in [0.29, 0.717) is 29.0 Å². The predicted molar refractivity (Wildman–Crippen MR) is 71.9 cm³/mol. The third-order valence-electron chi connectivity index (χ3n) is 3.03. The maximum atomic E-state index is 11.0. The first kappa shape index (κ1) is 13.0. The lowest BCUT2D eigenvalue weighted by molar-refractivity contribution is -0.104. The van der Waals surface area contributed by atoms with E-state index >= 15 is 0 Å². The lowest BCUT2D eigenvalue weighted by atomic mass is 10.1. The summed E-state index contributed by atoms with van der Waals surface area (Å²) in [6, 6.07) is 3.78. The molecular formula is C14H14N4O. The maximum absolute atomic E-state index is 11.0. The summed E-state index contributed by atoms with van der Waals surface area (Å²) >= 11 is 0. The van der Waals surface area contributed by atoms with Crippen molar-refractivity contribution in [3.63, 3.8) is 0 Å². The summed E-state index contributed by atoms with van der Waals surface area (Å²) in [7, 11) is 0. The molecule has 1 aromatic rings. The monoisotopic (exact) mass is 254 g/mol. The van der Waals surface area contributed by atoms with Crippen molar-refractivity contribution in [3.8, 4) is 6.07 Å². The van der Waals surface area contributed by atoms with Gasteiger partial charge in [0.1, 0.15) is 11.9 Å². The molecule has 0 aliphatic heterocycles. The van der Waals surface area contributed by atoms with Gasteiger partial charge in [0.2, 0.25) is 0 Å². The molecule has 0 spiro atoms. The Kier molecular flexibility index (Phi) is 3.71. The van der Waals surface area contributed by atoms with E-state index in [2.05, 4.69) is 10.3 Å². The van der Waals surface area contributed by atoms with E-state index < -0.39 is 0 Å². The Hall–Kier alpha value is -2.48. The third kappa shape index (κ3) is 3.05. The van der Waals surface area contributed by atoms with Crippen molar-refractivity contribution < 1.29 is 4.79 Å². The molecule has 96 valence electrons. The van der Waals surface area contributed by atoms with Crippen LogP contribution in [0.15, 0.2) is 24.0 Å². The average Bonchev–Trinajstić information content (AvgIpc) is 3.23. The number of anilines is 1. The van der Waals surface area contributed by atoms with Crippen LogP contribution in [0.25, 0.3) is 0 Å². The van der Waals surface area contributed by atoms with Crippen molar-refractivity contribution in [2.45, 2.75) is 19.8 Å². The number of aromatic nitrogens is 1. The molecular weight excluding hydrogens is 240 g/mol. The molecule has 0 atom stereocenters. The molecule has 2 rings (SSSR count). The Labute approximate surface area is 111 Å². The number of aryl methyl sites for hydroxylation is 1. The van der Waals surface area contributed by atoms with Gasteiger partial charge in [-0.2, -0.15) is 5.26 Å². The quantitative estimate of drug-likeness (QED) is 0.479. The fourth-order valence-electron chi connectivity index (χ4n) is 1.69. The molecule has 1 aliphatic carbocycles. The van der Waals surface area contributed by atoms with Gasteiger partial charge >= 0.3 is 0 Å². The first-order valence-corrected chi connectivity index (χ1v) is 6.03. The molecule has 1 aliphatic rings. The molecule has 0 aromatic carbocycles. The van der Waals surface area contributed by atoms with Crippen molar-refractivity contribution >= 4 is 17.8 Å². The molecule has 2 N–H and O–H groups in total. The molecule has 0 radical (unpaired) electrons. The fourth-order valence-corrected chi connectivity index (χ4v) is 1.69. The molecule has 1 saturated carbocycles. The smallest absolute Gasteiger partial charge is 0.153 e. The topological polar surface area (TPSA) is 89.6 Å². The van der Waals surface area contributed by atoms with Gasteiger partial charge in [0, 0.05) is 24.0 Å². The van der Waals surface area contributed by atoms with Crippen molar-refractivity contribution in [2.24, 2.45) is 5.92 Å². The maximum Gasteiger partial charge on any atom is 0.153 e. The molecule has 1 heterocycles. The highest BCUT2D eigenvalue weighted by Gasteiger charge is 2.28. The number of hydrogen-bond acceptors (Lipinski definition) is 5. The zero-order chi connectivity index (χ0) is 13.8. The van der Waals surface area contributed by atoms with Gasteiger partial charge in [-0.1, -0.05) is 0 Å². The Bertz CT molecular complexity index is 594. The lowest BCUT2D eigenvalue weighted by Crippen LogP contribution is -2.07. The summed E-state index contributed by atoms with van der Waals surface area (Å²) < 4.78 is 0. The van der Waals surface area contributed by atoms with Crippen LogP contribution in [0, 0.1) is 29.6 Å². The molecule has 0 unspecified atom stereocenters. The van der Waals surface area contributed by atoms with E-state index in [4.69, 9.17) is 10.7 Å². The van der Waals surface area contributed by atoms with E-state index in [1.54, 1.807) is 6.07 Å². The van der Waals surface area contributed by atoms with Crippen LogP contribution in [0.5, 0.6) is 0 Å². The summed E-state index contributed by atoms with van der Waals surface area (Å²) in [5, 5.41) is 19.5. The number of aldehydes is 1. The summed E-state index contributed by atoms with van der Waals surface area (Å²) in [6.07, 6.45) is 5.64. The van der Waals surface area contributed by atoms with Crippen LogP contribution in [0.4, 0.5) is 5.82 Å². The first-order chi connectivity index (χ1) is 9.15. The summed E-state index contributed by atoms with van der Waals surface area (Å²) in [6.45, 7) is 1.82. The van der Waals surface area contributed by atoms with Gasteiger partial charge in [-0.05, 0) is 31.4 Å². The molecule has 0 saturated heterocycles. The van der Waals surface area contributed by atoms with Crippen LogP contribution >= 0.6 is 0 Å². The van der Waals surface area contributed by atoms with E-state index in [1.165, 1.54) is 12.4 Å². The molecule has 5 heteroatoms. The molecule has 0 bridgehead atoms. The SMILES string of the molecule is Cc1cc(N/C=C(/C=O)C(=N)C2CC2)ncc1C#N. The van der Waals surface area contributed by atoms with Crippen LogP contribution in [-0.2, 0) is 4.79 Å². The normalized spacial score (nSPS) is 14.6. The van der Waals surface area contributed by atoms with Gasteiger partial charge in [0.05, 0.1) is 11.1 Å². The molecule has 19 heavy (non-hydrogen) atoms. The minimum Gasteiger partial charge on any atom is -0.346 e. The standard InChI is InChI=1S/C14H14N4O/c1-9-4-13(17-6-11(9)5-15)18-7-12(8-19)14(16)10-2-3-10/h4,6-8,10,16H,2-3H2,1H3,(H,17,18)/b12-7-,16-14?. The summed E-state index contributed by atoms with van der Waals surface area (Å²) in [5.74, 6) is 0.786. The number of rotatable bonds is 5. The Morgan fingerprint density at radius 1 is 1.63 bits per heavy atom. The number of nitrogens with one attached hydrogen (secondary N) is 2. The highest BCUT2D eigenvalue weighted by Crippen LogP contribution is 2.32. The number of hydrogen-bond donors (Lipinski definition) is 2. The number of nitrogens with zero attached hydrogens (tertiary/aromatic N) is 2. The number of carbonyl (C=O) groups excluding carboxylic acids is 1. The van der Waals surface area contributed by atoms with Gasteiger partial charge in [-0.15, -0.1) is 0 Å². The van der Waals surface area contributed by atoms with E-state index in [0.717, 1.165) is 18.4 Å². The third-order valence-corrected chi connectivity index (χ3v) is 3.03. The Balaban J connectivity index is 2.12. The minimum absolute atomic E-state index is 0.230. The Morgan fingerprint density at radius 2 is 2.37 bits per heavy atom. The summed E-state index contributed by atoms with van der Waals surface area (Å²) in [4.78, 5) is 15.0. The van der Waals surface area contributed by atoms with Crippen LogP contribution < -0.4 is 5.32 Å².